The van der Waals surface area contributed by atoms with Crippen LogP contribution in [0.2, 0.25) is 0 Å². The topological polar surface area (TPSA) is 3.24 Å². The molecule has 1 heteroatoms. The zero-order valence-electron chi connectivity index (χ0n) is 9.94. The summed E-state index contributed by atoms with van der Waals surface area (Å²) in [6, 6.07) is 10.9. The normalized spacial score (nSPS) is 29.9. The molecule has 2 aliphatic rings. The number of anilines is 1. The summed E-state index contributed by atoms with van der Waals surface area (Å²) >= 11 is 0. The smallest absolute Gasteiger partial charge is 0.0366 e. The molecular weight excluding hydrogens is 194 g/mol. The van der Waals surface area contributed by atoms with Crippen LogP contribution < -0.4 is 4.90 Å². The van der Waals surface area contributed by atoms with Gasteiger partial charge in [0.2, 0.25) is 0 Å². The van der Waals surface area contributed by atoms with Gasteiger partial charge in [0.05, 0.1) is 0 Å². The minimum absolute atomic E-state index is 0.975. The first-order valence-corrected chi connectivity index (χ1v) is 6.73. The first kappa shape index (κ1) is 10.2. The van der Waals surface area contributed by atoms with Gasteiger partial charge in [-0.05, 0) is 36.8 Å². The molecule has 0 N–H and O–H groups in total. The molecule has 0 spiro atoms. The summed E-state index contributed by atoms with van der Waals surface area (Å²) in [6.45, 7) is 2.57. The molecule has 1 aromatic rings. The predicted molar refractivity (Wildman–Crippen MR) is 68.7 cm³/mol. The highest BCUT2D eigenvalue weighted by molar-refractivity contribution is 5.46. The summed E-state index contributed by atoms with van der Waals surface area (Å²) in [6.07, 6.45) is 7.32. The van der Waals surface area contributed by atoms with Gasteiger partial charge in [-0.15, -0.1) is 0 Å². The average molecular weight is 215 g/mol. The minimum atomic E-state index is 0.975. The van der Waals surface area contributed by atoms with E-state index in [9.17, 15) is 0 Å². The molecule has 1 heterocycles. The molecule has 0 radical (unpaired) electrons. The van der Waals surface area contributed by atoms with Gasteiger partial charge in [0.15, 0.2) is 0 Å². The average Bonchev–Trinajstić information content (AvgIpc) is 2.39. The monoisotopic (exact) mass is 215 g/mol. The van der Waals surface area contributed by atoms with E-state index in [2.05, 4.69) is 35.2 Å². The van der Waals surface area contributed by atoms with Gasteiger partial charge < -0.3 is 4.90 Å². The first-order chi connectivity index (χ1) is 7.93. The zero-order valence-corrected chi connectivity index (χ0v) is 9.94. The third-order valence-corrected chi connectivity index (χ3v) is 4.41. The number of para-hydroxylation sites is 1. The second-order valence-electron chi connectivity index (χ2n) is 5.37. The summed E-state index contributed by atoms with van der Waals surface area (Å²) in [5.74, 6) is 2.01. The summed E-state index contributed by atoms with van der Waals surface area (Å²) < 4.78 is 0. The van der Waals surface area contributed by atoms with E-state index in [0.29, 0.717) is 0 Å². The quantitative estimate of drug-likeness (QED) is 0.690. The van der Waals surface area contributed by atoms with E-state index in [-0.39, 0.29) is 0 Å². The van der Waals surface area contributed by atoms with Crippen molar-refractivity contribution in [3.8, 4) is 0 Å². The van der Waals surface area contributed by atoms with Gasteiger partial charge in [0, 0.05) is 18.8 Å². The van der Waals surface area contributed by atoms with E-state index in [4.69, 9.17) is 0 Å². The lowest BCUT2D eigenvalue weighted by Crippen LogP contribution is -2.41. The maximum atomic E-state index is 2.59. The lowest BCUT2D eigenvalue weighted by Gasteiger charge is -2.42. The molecule has 3 rings (SSSR count). The second kappa shape index (κ2) is 4.48. The van der Waals surface area contributed by atoms with Crippen LogP contribution in [0.4, 0.5) is 5.69 Å². The molecular formula is C15H21N. The number of piperidine rings is 1. The van der Waals surface area contributed by atoms with Crippen molar-refractivity contribution in [2.45, 2.75) is 32.1 Å². The second-order valence-corrected chi connectivity index (χ2v) is 5.37. The molecule has 0 aromatic heterocycles. The van der Waals surface area contributed by atoms with Gasteiger partial charge in [-0.2, -0.15) is 0 Å². The highest BCUT2D eigenvalue weighted by Gasteiger charge is 2.30. The third-order valence-electron chi connectivity index (χ3n) is 4.41. The summed E-state index contributed by atoms with van der Waals surface area (Å²) in [7, 11) is 0. The van der Waals surface area contributed by atoms with E-state index >= 15 is 0 Å². The van der Waals surface area contributed by atoms with E-state index in [1.165, 1.54) is 50.9 Å². The number of nitrogens with zero attached hydrogens (tertiary/aromatic N) is 1. The molecule has 16 heavy (non-hydrogen) atoms. The van der Waals surface area contributed by atoms with Crippen molar-refractivity contribution < 1.29 is 0 Å². The molecule has 0 unspecified atom stereocenters. The number of hydrogen-bond donors (Lipinski definition) is 0. The van der Waals surface area contributed by atoms with Crippen molar-refractivity contribution >= 4 is 5.69 Å². The first-order valence-electron chi connectivity index (χ1n) is 6.73. The number of rotatable bonds is 1. The van der Waals surface area contributed by atoms with Crippen molar-refractivity contribution in [3.05, 3.63) is 30.3 Å². The Morgan fingerprint density at radius 2 is 1.62 bits per heavy atom. The number of hydrogen-bond acceptors (Lipinski definition) is 1. The predicted octanol–water partition coefficient (Wildman–Crippen LogP) is 3.70. The van der Waals surface area contributed by atoms with Gasteiger partial charge in [-0.3, -0.25) is 0 Å². The fourth-order valence-corrected chi connectivity index (χ4v) is 3.47. The molecule has 1 aromatic carbocycles. The molecule has 2 fully saturated rings. The molecule has 0 amide bonds. The van der Waals surface area contributed by atoms with Crippen molar-refractivity contribution in [2.75, 3.05) is 18.0 Å². The molecule has 2 atom stereocenters. The number of benzene rings is 1. The van der Waals surface area contributed by atoms with E-state index < -0.39 is 0 Å². The summed E-state index contributed by atoms with van der Waals surface area (Å²) in [5, 5.41) is 0. The Morgan fingerprint density at radius 1 is 0.875 bits per heavy atom. The summed E-state index contributed by atoms with van der Waals surface area (Å²) in [4.78, 5) is 2.59. The van der Waals surface area contributed by atoms with Gasteiger partial charge in [-0.1, -0.05) is 37.5 Å². The molecule has 1 aliphatic heterocycles. The standard InChI is InChI=1S/C15H21N/c1-2-8-15(9-3-1)16-11-10-13-6-4-5-7-14(13)12-16/h1-3,8-9,13-14H,4-7,10-12H2/t13-,14-/m0/s1. The van der Waals surface area contributed by atoms with Crippen LogP contribution >= 0.6 is 0 Å². The Bertz CT molecular complexity index is 333. The van der Waals surface area contributed by atoms with Gasteiger partial charge in [-0.25, -0.2) is 0 Å². The molecule has 1 saturated carbocycles. The van der Waals surface area contributed by atoms with Gasteiger partial charge in [0.1, 0.15) is 0 Å². The maximum Gasteiger partial charge on any atom is 0.0366 e. The maximum absolute atomic E-state index is 2.59. The van der Waals surface area contributed by atoms with Crippen molar-refractivity contribution in [3.63, 3.8) is 0 Å². The largest absolute Gasteiger partial charge is 0.371 e. The fourth-order valence-electron chi connectivity index (χ4n) is 3.47. The van der Waals surface area contributed by atoms with Crippen LogP contribution in [0.25, 0.3) is 0 Å². The van der Waals surface area contributed by atoms with Crippen LogP contribution in [-0.4, -0.2) is 13.1 Å². The van der Waals surface area contributed by atoms with Gasteiger partial charge >= 0.3 is 0 Å². The third kappa shape index (κ3) is 1.95. The highest BCUT2D eigenvalue weighted by Crippen LogP contribution is 2.37. The van der Waals surface area contributed by atoms with Crippen LogP contribution in [-0.2, 0) is 0 Å². The molecule has 0 bridgehead atoms. The lowest BCUT2D eigenvalue weighted by atomic mass is 9.75. The van der Waals surface area contributed by atoms with E-state index in [0.717, 1.165) is 11.8 Å². The molecule has 1 nitrogen and oxygen atoms in total. The van der Waals surface area contributed by atoms with Crippen LogP contribution in [0, 0.1) is 11.8 Å². The Kier molecular flexibility index (Phi) is 2.86. The summed E-state index contributed by atoms with van der Waals surface area (Å²) in [5.41, 5.74) is 1.42. The molecule has 1 saturated heterocycles. The van der Waals surface area contributed by atoms with Crippen molar-refractivity contribution in [1.29, 1.82) is 0 Å². The Balaban J connectivity index is 1.71. The fraction of sp³-hybridized carbons (Fsp3) is 0.600. The SMILES string of the molecule is c1ccc(N2CC[C@@H]3CCCC[C@H]3C2)cc1. The lowest BCUT2D eigenvalue weighted by molar-refractivity contribution is 0.202. The van der Waals surface area contributed by atoms with Gasteiger partial charge in [0.25, 0.3) is 0 Å². The highest BCUT2D eigenvalue weighted by atomic mass is 15.1. The Morgan fingerprint density at radius 3 is 2.44 bits per heavy atom. The molecule has 1 aliphatic carbocycles. The van der Waals surface area contributed by atoms with E-state index in [1.54, 1.807) is 0 Å². The van der Waals surface area contributed by atoms with Crippen LogP contribution in [0.3, 0.4) is 0 Å². The van der Waals surface area contributed by atoms with Crippen LogP contribution in [0.1, 0.15) is 32.1 Å². The zero-order chi connectivity index (χ0) is 10.8. The molecule has 86 valence electrons. The van der Waals surface area contributed by atoms with Crippen LogP contribution in [0.15, 0.2) is 30.3 Å². The minimum Gasteiger partial charge on any atom is -0.371 e. The van der Waals surface area contributed by atoms with Crippen LogP contribution in [0.5, 0.6) is 0 Å². The van der Waals surface area contributed by atoms with Crippen molar-refractivity contribution in [1.82, 2.24) is 0 Å². The number of fused-ring (bicyclic) bond motifs is 1. The Labute approximate surface area is 98.5 Å². The van der Waals surface area contributed by atoms with E-state index in [1.807, 2.05) is 0 Å². The Hall–Kier alpha value is -0.980. The van der Waals surface area contributed by atoms with Crippen molar-refractivity contribution in [2.24, 2.45) is 11.8 Å².